The number of nitrogens with two attached hydrogens (primary N) is 1. The first-order valence-electron chi connectivity index (χ1n) is 26.3. The smallest absolute Gasteiger partial charge is 0.340 e. The standard InChI is InChI=1S/C9H13N.C9H12O.C7H11N.2C6H10N2.C5H9N3O.2C5H9N3.C4H8N4/c2*1-7(2)8-5-3-4-6-9(8)10;1-6(2)7-4-3-5-8-7;1-5(2)6-7-3-4-8-6;1-5(2)6-3-4-7-8-6;1-3(2)4-6-5(9)8-7-4;1-4(2)5-6-3-7-8-5;1-4(2)5-3-6-8-7-5;1-3(2)4-5-7-8-6-4/h3-7H,10H2,1-2H3;3-7,10H,1-2H3;3-6,8H,1-2H3;2*3-5H,1-2H3,(H,7,8);3H,1-2H3,(H2,6,7,8,9);2*3-4H,1-2H3,(H,6,7,8);3H,1-2H3,(H,5,6,7,8). The van der Waals surface area contributed by atoms with Crippen molar-refractivity contribution in [2.75, 3.05) is 5.73 Å². The minimum Gasteiger partial charge on any atom is -0.508 e. The van der Waals surface area contributed by atoms with Crippen LogP contribution >= 0.6 is 0 Å². The molecule has 0 atom stereocenters. The molecular weight excluding hydrogens is 971 g/mol. The summed E-state index contributed by atoms with van der Waals surface area (Å²) in [5, 5.41) is 51.9. The number of hydrogen-bond donors (Lipinski definition) is 10. The molecule has 0 unspecified atom stereocenters. The van der Waals surface area contributed by atoms with Gasteiger partial charge in [-0.15, -0.1) is 10.2 Å². The van der Waals surface area contributed by atoms with Crippen LogP contribution in [0.25, 0.3) is 0 Å². The second kappa shape index (κ2) is 37.7. The molecule has 21 nitrogen and oxygen atoms in total. The van der Waals surface area contributed by atoms with Crippen LogP contribution < -0.4 is 11.4 Å². The molecule has 0 aliphatic carbocycles. The van der Waals surface area contributed by atoms with Crippen molar-refractivity contribution in [1.82, 2.24) is 91.5 Å². The third-order valence-electron chi connectivity index (χ3n) is 10.6. The zero-order valence-electron chi connectivity index (χ0n) is 48.9. The summed E-state index contributed by atoms with van der Waals surface area (Å²) in [5.74, 6) is 8.12. The molecule has 2 aromatic carbocycles. The highest BCUT2D eigenvalue weighted by atomic mass is 16.3. The Kier molecular flexibility index (Phi) is 32.8. The predicted molar refractivity (Wildman–Crippen MR) is 310 cm³/mol. The van der Waals surface area contributed by atoms with Crippen molar-refractivity contribution in [3.63, 3.8) is 0 Å². The number of aromatic hydroxyl groups is 1. The molecule has 9 rings (SSSR count). The molecule has 0 aliphatic heterocycles. The molecule has 0 fully saturated rings. The summed E-state index contributed by atoms with van der Waals surface area (Å²) in [4.78, 5) is 27.1. The van der Waals surface area contributed by atoms with Gasteiger partial charge in [0.1, 0.15) is 29.6 Å². The fourth-order valence-corrected chi connectivity index (χ4v) is 5.85. The van der Waals surface area contributed by atoms with Crippen molar-refractivity contribution in [3.8, 4) is 5.75 Å². The van der Waals surface area contributed by atoms with E-state index in [2.05, 4.69) is 201 Å². The maximum Gasteiger partial charge on any atom is 0.340 e. The largest absolute Gasteiger partial charge is 0.508 e. The number of nitrogens with one attached hydrogen (secondary N) is 8. The molecule has 21 heteroatoms. The summed E-state index contributed by atoms with van der Waals surface area (Å²) in [5.41, 5.74) is 12.2. The van der Waals surface area contributed by atoms with Crippen molar-refractivity contribution in [3.05, 3.63) is 166 Å². The topological polar surface area (TPSA) is 319 Å². The highest BCUT2D eigenvalue weighted by Crippen LogP contribution is 2.24. The molecular formula is C56H91N19O2. The molecule has 11 N–H and O–H groups in total. The Bertz CT molecular complexity index is 2390. The molecule has 0 spiro atoms. The summed E-state index contributed by atoms with van der Waals surface area (Å²) in [7, 11) is 0. The number of imidazole rings is 1. The summed E-state index contributed by atoms with van der Waals surface area (Å²) < 4.78 is 0. The minimum absolute atomic E-state index is 0.237. The van der Waals surface area contributed by atoms with E-state index in [1.807, 2.05) is 88.6 Å². The number of tetrazole rings is 1. The number of phenolic OH excluding ortho intramolecular Hbond substituents is 1. The Hall–Kier alpha value is -7.97. The fraction of sp³-hybridized carbons (Fsp3) is 0.482. The SMILES string of the molecule is CC(C)c1ccc[nH]1.CC(C)c1ccccc1N.CC(C)c1ccccc1O.CC(C)c1ccn[nH]1.CC(C)c1cn[nH]n1.CC(C)c1n[nH]c(=O)[nH]1.CC(C)c1ncc[nH]1.CC(C)c1ncn[nH]1.CC(C)c1nn[nH]n1. The molecule has 0 radical (unpaired) electrons. The van der Waals surface area contributed by atoms with E-state index >= 15 is 0 Å². The first kappa shape index (κ1) is 67.0. The lowest BCUT2D eigenvalue weighted by Gasteiger charge is -2.07. The van der Waals surface area contributed by atoms with Gasteiger partial charge in [0.05, 0.1) is 11.9 Å². The second-order valence-corrected chi connectivity index (χ2v) is 20.3. The van der Waals surface area contributed by atoms with Gasteiger partial charge in [0, 0.05) is 65.5 Å². The molecule has 0 amide bonds. The van der Waals surface area contributed by atoms with E-state index in [0.29, 0.717) is 58.9 Å². The Morgan fingerprint density at radius 1 is 0.481 bits per heavy atom. The Labute approximate surface area is 456 Å². The predicted octanol–water partition coefficient (Wildman–Crippen LogP) is 12.5. The van der Waals surface area contributed by atoms with Crippen molar-refractivity contribution in [2.45, 2.75) is 178 Å². The lowest BCUT2D eigenvalue weighted by atomic mass is 10.0. The molecule has 77 heavy (non-hydrogen) atoms. The van der Waals surface area contributed by atoms with Crippen LogP contribution in [0.5, 0.6) is 5.75 Å². The molecule has 0 bridgehead atoms. The van der Waals surface area contributed by atoms with Gasteiger partial charge in [0.2, 0.25) is 0 Å². The number of aromatic amines is 8. The zero-order valence-corrected chi connectivity index (χ0v) is 48.9. The van der Waals surface area contributed by atoms with Crippen LogP contribution in [0.4, 0.5) is 5.69 Å². The van der Waals surface area contributed by atoms with Crippen molar-refractivity contribution < 1.29 is 5.11 Å². The Morgan fingerprint density at radius 2 is 1.10 bits per heavy atom. The average molecular weight is 1060 g/mol. The molecule has 422 valence electrons. The molecule has 0 saturated heterocycles. The normalized spacial score (nSPS) is 10.4. The van der Waals surface area contributed by atoms with Gasteiger partial charge in [-0.2, -0.15) is 35.9 Å². The van der Waals surface area contributed by atoms with E-state index in [1.54, 1.807) is 24.7 Å². The van der Waals surface area contributed by atoms with E-state index < -0.39 is 0 Å². The van der Waals surface area contributed by atoms with Crippen molar-refractivity contribution in [2.24, 2.45) is 0 Å². The van der Waals surface area contributed by atoms with Gasteiger partial charge in [0.25, 0.3) is 0 Å². The number of anilines is 1. The highest BCUT2D eigenvalue weighted by molar-refractivity contribution is 5.47. The van der Waals surface area contributed by atoms with Crippen LogP contribution in [0.3, 0.4) is 0 Å². The molecule has 0 saturated carbocycles. The maximum atomic E-state index is 10.4. The minimum atomic E-state index is -0.237. The van der Waals surface area contributed by atoms with E-state index in [9.17, 15) is 9.90 Å². The third kappa shape index (κ3) is 29.1. The van der Waals surface area contributed by atoms with Gasteiger partial charge in [-0.05, 0) is 71.0 Å². The number of aromatic nitrogens is 18. The van der Waals surface area contributed by atoms with Crippen LogP contribution in [0.2, 0.25) is 0 Å². The molecule has 7 aromatic heterocycles. The summed E-state index contributed by atoms with van der Waals surface area (Å²) in [6.07, 6.45) is 10.6. The summed E-state index contributed by atoms with van der Waals surface area (Å²) in [6, 6.07) is 21.5. The molecule has 7 heterocycles. The number of benzene rings is 2. The van der Waals surface area contributed by atoms with Crippen LogP contribution in [0.15, 0.2) is 109 Å². The third-order valence-corrected chi connectivity index (χ3v) is 10.6. The number of H-pyrrole nitrogens is 8. The summed E-state index contributed by atoms with van der Waals surface area (Å²) in [6.45, 7) is 37.5. The second-order valence-electron chi connectivity index (χ2n) is 20.3. The van der Waals surface area contributed by atoms with E-state index in [1.165, 1.54) is 23.3 Å². The van der Waals surface area contributed by atoms with Crippen LogP contribution in [0.1, 0.15) is 229 Å². The molecule has 0 aliphatic rings. The first-order valence-corrected chi connectivity index (χ1v) is 26.3. The van der Waals surface area contributed by atoms with Crippen LogP contribution in [0, 0.1) is 0 Å². The van der Waals surface area contributed by atoms with E-state index in [-0.39, 0.29) is 11.6 Å². The van der Waals surface area contributed by atoms with Gasteiger partial charge >= 0.3 is 5.69 Å². The van der Waals surface area contributed by atoms with Crippen molar-refractivity contribution in [1.29, 1.82) is 0 Å². The van der Waals surface area contributed by atoms with Crippen LogP contribution in [-0.4, -0.2) is 96.7 Å². The van der Waals surface area contributed by atoms with Crippen molar-refractivity contribution >= 4 is 5.69 Å². The van der Waals surface area contributed by atoms with Gasteiger partial charge < -0.3 is 20.8 Å². The van der Waals surface area contributed by atoms with Gasteiger partial charge in [-0.3, -0.25) is 15.2 Å². The number of nitrogen functional groups attached to an aromatic ring is 1. The number of rotatable bonds is 9. The lowest BCUT2D eigenvalue weighted by Crippen LogP contribution is -2.01. The highest BCUT2D eigenvalue weighted by Gasteiger charge is 2.05. The van der Waals surface area contributed by atoms with E-state index in [4.69, 9.17) is 5.73 Å². The number of hydrogen-bond acceptors (Lipinski definition) is 13. The fourth-order valence-electron chi connectivity index (χ4n) is 5.85. The van der Waals surface area contributed by atoms with Gasteiger partial charge in [0.15, 0.2) is 5.82 Å². The maximum absolute atomic E-state index is 10.4. The van der Waals surface area contributed by atoms with E-state index in [0.717, 1.165) is 34.4 Å². The monoisotopic (exact) mass is 1060 g/mol. The molecule has 9 aromatic rings. The number of para-hydroxylation sites is 2. The lowest BCUT2D eigenvalue weighted by molar-refractivity contribution is 0.465. The first-order chi connectivity index (χ1) is 36.5. The average Bonchev–Trinajstić information content (AvgIpc) is 4.25. The quantitative estimate of drug-likeness (QED) is 0.0602. The number of phenols is 1. The summed E-state index contributed by atoms with van der Waals surface area (Å²) >= 11 is 0. The number of nitrogens with zero attached hydrogens (tertiary/aromatic N) is 10. The Morgan fingerprint density at radius 3 is 1.38 bits per heavy atom. The Balaban J connectivity index is 0.000000434. The zero-order chi connectivity index (χ0) is 57.9. The van der Waals surface area contributed by atoms with Gasteiger partial charge in [-0.25, -0.2) is 19.9 Å². The van der Waals surface area contributed by atoms with Gasteiger partial charge in [-0.1, -0.05) is 166 Å². The van der Waals surface area contributed by atoms with Crippen LogP contribution in [-0.2, 0) is 0 Å².